The molecule has 0 aromatic heterocycles. The standard InChI is InChI=1S/C39H42O3Si/c1-38(2,3)43(33-23-13-6-14-24-33,34-25-15-7-16-26-34)40-30-39(27-17-8-18-28-39)29-35-41-36(31-19-9-4-10-20-31)37(42-35)32-21-11-5-12-22-32/h4-7,9-28,35-37H,8,29-30H2,1-3H3/t36-,37-/m1/s1. The third-order valence-corrected chi connectivity index (χ3v) is 13.8. The summed E-state index contributed by atoms with van der Waals surface area (Å²) in [5, 5.41) is 2.47. The van der Waals surface area contributed by atoms with Gasteiger partial charge in [-0.05, 0) is 33.0 Å². The lowest BCUT2D eigenvalue weighted by Crippen LogP contribution is -2.67. The molecule has 0 unspecified atom stereocenters. The summed E-state index contributed by atoms with van der Waals surface area (Å²) in [7, 11) is -2.72. The molecular formula is C39H42O3Si. The molecule has 1 aliphatic heterocycles. The number of rotatable bonds is 9. The van der Waals surface area contributed by atoms with E-state index in [0.29, 0.717) is 13.0 Å². The highest BCUT2D eigenvalue weighted by atomic mass is 28.4. The van der Waals surface area contributed by atoms with Crippen LogP contribution in [0.25, 0.3) is 0 Å². The van der Waals surface area contributed by atoms with Gasteiger partial charge in [0.2, 0.25) is 0 Å². The summed E-state index contributed by atoms with van der Waals surface area (Å²) in [4.78, 5) is 0. The van der Waals surface area contributed by atoms with Gasteiger partial charge in [-0.25, -0.2) is 0 Å². The van der Waals surface area contributed by atoms with Crippen molar-refractivity contribution in [3.05, 3.63) is 157 Å². The molecule has 1 saturated heterocycles. The molecule has 4 aromatic rings. The minimum absolute atomic E-state index is 0.101. The summed E-state index contributed by atoms with van der Waals surface area (Å²) in [6, 6.07) is 42.6. The van der Waals surface area contributed by atoms with E-state index in [1.807, 2.05) is 12.1 Å². The van der Waals surface area contributed by atoms with Crippen molar-refractivity contribution in [1.29, 1.82) is 0 Å². The van der Waals surface area contributed by atoms with Gasteiger partial charge in [-0.15, -0.1) is 0 Å². The smallest absolute Gasteiger partial charge is 0.261 e. The van der Waals surface area contributed by atoms with Gasteiger partial charge in [-0.2, -0.15) is 0 Å². The van der Waals surface area contributed by atoms with E-state index in [1.165, 1.54) is 10.4 Å². The van der Waals surface area contributed by atoms with E-state index in [2.05, 4.69) is 154 Å². The van der Waals surface area contributed by atoms with Crippen molar-refractivity contribution >= 4 is 18.7 Å². The molecule has 220 valence electrons. The normalized spacial score (nSPS) is 20.3. The molecular weight excluding hydrogens is 545 g/mol. The summed E-state index contributed by atoms with van der Waals surface area (Å²) in [6.45, 7) is 7.53. The van der Waals surface area contributed by atoms with Gasteiger partial charge < -0.3 is 13.9 Å². The predicted molar refractivity (Wildman–Crippen MR) is 178 cm³/mol. The molecule has 43 heavy (non-hydrogen) atoms. The van der Waals surface area contributed by atoms with Gasteiger partial charge in [-0.3, -0.25) is 0 Å². The first-order valence-corrected chi connectivity index (χ1v) is 17.3. The fourth-order valence-electron chi connectivity index (χ4n) is 6.74. The number of hydrogen-bond donors (Lipinski definition) is 0. The number of ether oxygens (including phenoxy) is 2. The zero-order valence-corrected chi connectivity index (χ0v) is 26.4. The van der Waals surface area contributed by atoms with Gasteiger partial charge in [0, 0.05) is 18.4 Å². The average Bonchev–Trinajstić information content (AvgIpc) is 3.46. The molecule has 0 bridgehead atoms. The Morgan fingerprint density at radius 2 is 1.07 bits per heavy atom. The first-order chi connectivity index (χ1) is 20.9. The first kappa shape index (κ1) is 29.5. The first-order valence-electron chi connectivity index (χ1n) is 15.4. The monoisotopic (exact) mass is 586 g/mol. The Hall–Kier alpha value is -3.54. The predicted octanol–water partition coefficient (Wildman–Crippen LogP) is 8.31. The van der Waals surface area contributed by atoms with Crippen LogP contribution in [-0.4, -0.2) is 21.2 Å². The SMILES string of the molecule is CC(C)(C)[Si](OCC1(CC2O[C@H](c3ccccc3)[C@@H](c3ccccc3)O2)C=CCC=C1)(c1ccccc1)c1ccccc1. The Kier molecular flexibility index (Phi) is 8.65. The van der Waals surface area contributed by atoms with Gasteiger partial charge >= 0.3 is 0 Å². The fourth-order valence-corrected chi connectivity index (χ4v) is 11.4. The van der Waals surface area contributed by atoms with Crippen LogP contribution in [0.1, 0.15) is 56.9 Å². The molecule has 3 nitrogen and oxygen atoms in total. The molecule has 2 atom stereocenters. The van der Waals surface area contributed by atoms with Crippen molar-refractivity contribution in [2.24, 2.45) is 5.41 Å². The topological polar surface area (TPSA) is 27.7 Å². The third-order valence-electron chi connectivity index (χ3n) is 8.82. The molecule has 1 aliphatic carbocycles. The van der Waals surface area contributed by atoms with Crippen LogP contribution in [0, 0.1) is 5.41 Å². The molecule has 4 aromatic carbocycles. The van der Waals surface area contributed by atoms with E-state index in [4.69, 9.17) is 13.9 Å². The lowest BCUT2D eigenvalue weighted by atomic mass is 9.81. The Labute approximate surface area is 258 Å². The Bertz CT molecular complexity index is 1410. The number of benzene rings is 4. The van der Waals surface area contributed by atoms with Crippen LogP contribution >= 0.6 is 0 Å². The summed E-state index contributed by atoms with van der Waals surface area (Å²) >= 11 is 0. The summed E-state index contributed by atoms with van der Waals surface area (Å²) in [5.74, 6) is 0. The largest absolute Gasteiger partial charge is 0.406 e. The Morgan fingerprint density at radius 3 is 1.49 bits per heavy atom. The lowest BCUT2D eigenvalue weighted by Gasteiger charge is -2.45. The Balaban J connectivity index is 1.33. The molecule has 4 heteroatoms. The van der Waals surface area contributed by atoms with Crippen LogP contribution in [0.2, 0.25) is 5.04 Å². The van der Waals surface area contributed by atoms with Crippen molar-refractivity contribution < 1.29 is 13.9 Å². The fraction of sp³-hybridized carbons (Fsp3) is 0.282. The highest BCUT2D eigenvalue weighted by Gasteiger charge is 2.51. The lowest BCUT2D eigenvalue weighted by molar-refractivity contribution is -0.0874. The number of allylic oxidation sites excluding steroid dienone is 2. The van der Waals surface area contributed by atoms with Crippen LogP contribution in [0.3, 0.4) is 0 Å². The minimum Gasteiger partial charge on any atom is -0.406 e. The van der Waals surface area contributed by atoms with Crippen LogP contribution in [0.15, 0.2) is 146 Å². The molecule has 6 rings (SSSR count). The minimum atomic E-state index is -2.72. The van der Waals surface area contributed by atoms with E-state index in [-0.39, 0.29) is 29.0 Å². The number of hydrogen-bond acceptors (Lipinski definition) is 3. The van der Waals surface area contributed by atoms with Crippen molar-refractivity contribution in [3.8, 4) is 0 Å². The quantitative estimate of drug-likeness (QED) is 0.146. The molecule has 1 heterocycles. The van der Waals surface area contributed by atoms with Crippen LogP contribution in [0.4, 0.5) is 0 Å². The van der Waals surface area contributed by atoms with E-state index in [0.717, 1.165) is 17.5 Å². The second-order valence-electron chi connectivity index (χ2n) is 12.8. The van der Waals surface area contributed by atoms with E-state index in [1.54, 1.807) is 0 Å². The molecule has 2 aliphatic rings. The second kappa shape index (κ2) is 12.6. The zero-order chi connectivity index (χ0) is 29.8. The molecule has 1 fully saturated rings. The highest BCUT2D eigenvalue weighted by molar-refractivity contribution is 6.99. The molecule has 0 saturated carbocycles. The van der Waals surface area contributed by atoms with E-state index < -0.39 is 8.32 Å². The summed E-state index contributed by atoms with van der Waals surface area (Å²) in [5.41, 5.74) is 1.90. The Morgan fingerprint density at radius 1 is 0.651 bits per heavy atom. The molecule has 0 radical (unpaired) electrons. The van der Waals surface area contributed by atoms with Gasteiger partial charge in [0.15, 0.2) is 6.29 Å². The maximum Gasteiger partial charge on any atom is 0.261 e. The zero-order valence-electron chi connectivity index (χ0n) is 25.4. The van der Waals surface area contributed by atoms with Gasteiger partial charge in [0.25, 0.3) is 8.32 Å². The van der Waals surface area contributed by atoms with Gasteiger partial charge in [0.1, 0.15) is 12.2 Å². The van der Waals surface area contributed by atoms with E-state index in [9.17, 15) is 0 Å². The molecule has 0 amide bonds. The molecule has 0 N–H and O–H groups in total. The van der Waals surface area contributed by atoms with Gasteiger partial charge in [-0.1, -0.05) is 166 Å². The van der Waals surface area contributed by atoms with Crippen molar-refractivity contribution in [3.63, 3.8) is 0 Å². The summed E-state index contributed by atoms with van der Waals surface area (Å²) < 4.78 is 21.0. The van der Waals surface area contributed by atoms with Crippen molar-refractivity contribution in [2.75, 3.05) is 6.61 Å². The highest BCUT2D eigenvalue weighted by Crippen LogP contribution is 2.47. The molecule has 0 spiro atoms. The average molecular weight is 587 g/mol. The maximum absolute atomic E-state index is 7.47. The third kappa shape index (κ3) is 6.11. The van der Waals surface area contributed by atoms with Crippen LogP contribution < -0.4 is 10.4 Å². The van der Waals surface area contributed by atoms with Crippen molar-refractivity contribution in [1.82, 2.24) is 0 Å². The van der Waals surface area contributed by atoms with Gasteiger partial charge in [0.05, 0.1) is 0 Å². The van der Waals surface area contributed by atoms with Crippen molar-refractivity contribution in [2.45, 2.75) is 57.1 Å². The second-order valence-corrected chi connectivity index (χ2v) is 17.1. The summed E-state index contributed by atoms with van der Waals surface area (Å²) in [6.07, 6.45) is 10.0. The van der Waals surface area contributed by atoms with Crippen LogP contribution in [-0.2, 0) is 13.9 Å². The maximum atomic E-state index is 7.47. The van der Waals surface area contributed by atoms with E-state index >= 15 is 0 Å². The van der Waals surface area contributed by atoms with Crippen LogP contribution in [0.5, 0.6) is 0 Å².